The van der Waals surface area contributed by atoms with Gasteiger partial charge in [0.05, 0.1) is 17.0 Å². The van der Waals surface area contributed by atoms with Gasteiger partial charge in [-0.05, 0) is 55.5 Å². The van der Waals surface area contributed by atoms with Gasteiger partial charge in [-0.3, -0.25) is 4.72 Å². The average molecular weight is 647 g/mol. The van der Waals surface area contributed by atoms with Crippen LogP contribution in [-0.4, -0.2) is 53.9 Å². The highest BCUT2D eigenvalue weighted by Crippen LogP contribution is 2.36. The van der Waals surface area contributed by atoms with E-state index >= 15 is 8.78 Å². The maximum atomic E-state index is 15.1. The van der Waals surface area contributed by atoms with E-state index in [0.29, 0.717) is 34.8 Å². The Morgan fingerprint density at radius 3 is 2.59 bits per heavy atom. The molecule has 2 aliphatic heterocycles. The Hall–Kier alpha value is -3.94. The molecule has 6 rings (SSSR count). The third-order valence-electron chi connectivity index (χ3n) is 7.52. The quantitative estimate of drug-likeness (QED) is 0.213. The SMILES string of the molecule is Cl.O=S(=O)(Cc1ccccc1)Nc1c(F)cc(Oc2ncccc2-c2ccnc(NC3CC4CCCN(C4)C3)n2)c(F)c1F. The smallest absolute Gasteiger partial charge is 0.237 e. The van der Waals surface area contributed by atoms with Crippen molar-refractivity contribution in [3.63, 3.8) is 0 Å². The monoisotopic (exact) mass is 646 g/mol. The van der Waals surface area contributed by atoms with E-state index in [4.69, 9.17) is 4.74 Å². The molecule has 0 amide bonds. The minimum Gasteiger partial charge on any atom is -0.435 e. The van der Waals surface area contributed by atoms with E-state index in [9.17, 15) is 12.8 Å². The number of halogens is 4. The van der Waals surface area contributed by atoms with Crippen molar-refractivity contribution >= 4 is 34.1 Å². The lowest BCUT2D eigenvalue weighted by molar-refractivity contribution is 0.115. The standard InChI is InChI=1S/C30H29F3N6O3S.ClH/c31-23-15-25(26(32)27(33)28(23)38-43(40,41)18-19-6-2-1-3-7-19)42-29-22(9-4-11-34-29)24-10-12-35-30(37-24)36-21-14-20-8-5-13-39(16-20)17-21;/h1-4,6-7,9-12,15,20-21,38H,5,8,13-14,16-18H2,(H,35,36,37);1H. The molecule has 0 aliphatic carbocycles. The molecule has 2 aromatic heterocycles. The van der Waals surface area contributed by atoms with Crippen LogP contribution >= 0.6 is 12.4 Å². The van der Waals surface area contributed by atoms with Crippen molar-refractivity contribution < 1.29 is 26.3 Å². The summed E-state index contributed by atoms with van der Waals surface area (Å²) >= 11 is 0. The molecule has 4 heterocycles. The molecule has 2 bridgehead atoms. The Kier molecular flexibility index (Phi) is 9.56. The van der Waals surface area contributed by atoms with E-state index in [0.717, 1.165) is 26.1 Å². The maximum Gasteiger partial charge on any atom is 0.237 e. The highest BCUT2D eigenvalue weighted by Gasteiger charge is 2.30. The molecule has 2 fully saturated rings. The van der Waals surface area contributed by atoms with E-state index in [-0.39, 0.29) is 24.3 Å². The Morgan fingerprint density at radius 2 is 1.80 bits per heavy atom. The van der Waals surface area contributed by atoms with Crippen LogP contribution < -0.4 is 14.8 Å². The fourth-order valence-electron chi connectivity index (χ4n) is 5.66. The molecule has 2 aromatic carbocycles. The molecular formula is C30H30ClF3N6O3S. The van der Waals surface area contributed by atoms with E-state index in [1.165, 1.54) is 19.0 Å². The summed E-state index contributed by atoms with van der Waals surface area (Å²) in [5.74, 6) is -5.15. The average Bonchev–Trinajstić information content (AvgIpc) is 2.98. The highest BCUT2D eigenvalue weighted by molar-refractivity contribution is 7.91. The second-order valence-electron chi connectivity index (χ2n) is 10.8. The Balaban J connectivity index is 0.00000384. The molecule has 14 heteroatoms. The van der Waals surface area contributed by atoms with E-state index in [1.54, 1.807) is 54.7 Å². The summed E-state index contributed by atoms with van der Waals surface area (Å²) in [5.41, 5.74) is -0.00794. The molecule has 232 valence electrons. The Morgan fingerprint density at radius 1 is 0.977 bits per heavy atom. The van der Waals surface area contributed by atoms with Crippen molar-refractivity contribution in [1.82, 2.24) is 19.9 Å². The van der Waals surface area contributed by atoms with Crippen molar-refractivity contribution in [2.24, 2.45) is 5.92 Å². The number of rotatable bonds is 9. The van der Waals surface area contributed by atoms with Crippen LogP contribution in [0.2, 0.25) is 0 Å². The van der Waals surface area contributed by atoms with Crippen LogP contribution in [-0.2, 0) is 15.8 Å². The summed E-state index contributed by atoms with van der Waals surface area (Å²) in [6, 6.07) is 13.7. The number of piperidine rings is 2. The summed E-state index contributed by atoms with van der Waals surface area (Å²) in [6.45, 7) is 3.11. The topological polar surface area (TPSA) is 109 Å². The number of ether oxygens (including phenoxy) is 1. The zero-order valence-corrected chi connectivity index (χ0v) is 25.1. The van der Waals surface area contributed by atoms with Gasteiger partial charge in [0.1, 0.15) is 5.69 Å². The highest BCUT2D eigenvalue weighted by atomic mass is 35.5. The molecule has 9 nitrogen and oxygen atoms in total. The predicted molar refractivity (Wildman–Crippen MR) is 163 cm³/mol. The zero-order valence-electron chi connectivity index (χ0n) is 23.4. The molecule has 0 radical (unpaired) electrons. The molecule has 3 atom stereocenters. The number of sulfonamides is 1. The van der Waals surface area contributed by atoms with Gasteiger partial charge >= 0.3 is 0 Å². The number of hydrogen-bond acceptors (Lipinski definition) is 8. The first-order valence-electron chi connectivity index (χ1n) is 13.9. The number of nitrogens with zero attached hydrogens (tertiary/aromatic N) is 4. The minimum absolute atomic E-state index is 0. The second-order valence-corrected chi connectivity index (χ2v) is 12.5. The molecule has 2 aliphatic rings. The van der Waals surface area contributed by atoms with Crippen molar-refractivity contribution in [2.75, 3.05) is 29.7 Å². The summed E-state index contributed by atoms with van der Waals surface area (Å²) in [5, 5.41) is 3.41. The summed E-state index contributed by atoms with van der Waals surface area (Å²) in [6.07, 6.45) is 6.41. The number of aromatic nitrogens is 3. The molecule has 0 spiro atoms. The van der Waals surface area contributed by atoms with Gasteiger partial charge in [-0.25, -0.2) is 32.2 Å². The summed E-state index contributed by atoms with van der Waals surface area (Å²) in [7, 11) is -4.26. The van der Waals surface area contributed by atoms with Crippen molar-refractivity contribution in [3.05, 3.63) is 90.0 Å². The minimum atomic E-state index is -4.26. The van der Waals surface area contributed by atoms with Gasteiger partial charge in [0.15, 0.2) is 17.4 Å². The van der Waals surface area contributed by atoms with Gasteiger partial charge < -0.3 is 15.0 Å². The van der Waals surface area contributed by atoms with Gasteiger partial charge in [0, 0.05) is 37.6 Å². The van der Waals surface area contributed by atoms with Crippen molar-refractivity contribution in [3.8, 4) is 22.9 Å². The van der Waals surface area contributed by atoms with Crippen LogP contribution in [0.1, 0.15) is 24.8 Å². The van der Waals surface area contributed by atoms with E-state index in [1.807, 2.05) is 4.72 Å². The Bertz CT molecular complexity index is 1720. The second kappa shape index (κ2) is 13.4. The fourth-order valence-corrected chi connectivity index (χ4v) is 6.86. The van der Waals surface area contributed by atoms with Crippen LogP contribution in [0.25, 0.3) is 11.3 Å². The van der Waals surface area contributed by atoms with E-state index in [2.05, 4.69) is 25.2 Å². The number of hydrogen-bond donors (Lipinski definition) is 2. The first kappa shape index (κ1) is 31.5. The molecule has 2 saturated heterocycles. The van der Waals surface area contributed by atoms with Gasteiger partial charge in [-0.15, -0.1) is 12.4 Å². The fraction of sp³-hybridized carbons (Fsp3) is 0.300. The normalized spacial score (nSPS) is 19.5. The first-order valence-corrected chi connectivity index (χ1v) is 15.6. The number of anilines is 2. The molecule has 2 N–H and O–H groups in total. The Labute approximate surface area is 259 Å². The molecular weight excluding hydrogens is 617 g/mol. The molecule has 44 heavy (non-hydrogen) atoms. The third kappa shape index (κ3) is 7.22. The molecule has 0 saturated carbocycles. The zero-order chi connectivity index (χ0) is 30.0. The van der Waals surface area contributed by atoms with Gasteiger partial charge in [0.25, 0.3) is 0 Å². The van der Waals surface area contributed by atoms with Crippen LogP contribution in [0, 0.1) is 23.4 Å². The van der Waals surface area contributed by atoms with Gasteiger partial charge in [0.2, 0.25) is 27.7 Å². The lowest BCUT2D eigenvalue weighted by Crippen LogP contribution is -2.49. The summed E-state index contributed by atoms with van der Waals surface area (Å²) < 4.78 is 77.5. The number of fused-ring (bicyclic) bond motifs is 2. The summed E-state index contributed by atoms with van der Waals surface area (Å²) in [4.78, 5) is 15.5. The maximum absolute atomic E-state index is 15.1. The van der Waals surface area contributed by atoms with Crippen molar-refractivity contribution in [2.45, 2.75) is 31.1 Å². The van der Waals surface area contributed by atoms with Gasteiger partial charge in [-0.2, -0.15) is 4.39 Å². The number of nitrogens with one attached hydrogen (secondary N) is 2. The van der Waals surface area contributed by atoms with Crippen LogP contribution in [0.4, 0.5) is 24.8 Å². The van der Waals surface area contributed by atoms with E-state index < -0.39 is 44.7 Å². The number of pyridine rings is 1. The largest absolute Gasteiger partial charge is 0.435 e. The van der Waals surface area contributed by atoms with Crippen LogP contribution in [0.15, 0.2) is 67.0 Å². The van der Waals surface area contributed by atoms with Crippen LogP contribution in [0.5, 0.6) is 11.6 Å². The lowest BCUT2D eigenvalue weighted by Gasteiger charge is -2.41. The first-order chi connectivity index (χ1) is 20.7. The molecule has 4 aromatic rings. The van der Waals surface area contributed by atoms with Crippen molar-refractivity contribution in [1.29, 1.82) is 0 Å². The van der Waals surface area contributed by atoms with Gasteiger partial charge in [-0.1, -0.05) is 30.3 Å². The number of benzene rings is 2. The lowest BCUT2D eigenvalue weighted by atomic mass is 9.87. The van der Waals surface area contributed by atoms with Crippen LogP contribution in [0.3, 0.4) is 0 Å². The molecule has 3 unspecified atom stereocenters. The third-order valence-corrected chi connectivity index (χ3v) is 8.75. The predicted octanol–water partition coefficient (Wildman–Crippen LogP) is 6.01.